The van der Waals surface area contributed by atoms with Gasteiger partial charge in [0.05, 0.1) is 5.02 Å². The van der Waals surface area contributed by atoms with E-state index in [1.807, 2.05) is 30.3 Å². The highest BCUT2D eigenvalue weighted by atomic mass is 35.5. The van der Waals surface area contributed by atoms with Crippen LogP contribution in [0.15, 0.2) is 64.0 Å². The summed E-state index contributed by atoms with van der Waals surface area (Å²) in [6.45, 7) is 3.75. The monoisotopic (exact) mass is 644 g/mol. The van der Waals surface area contributed by atoms with Crippen LogP contribution in [0.1, 0.15) is 61.4 Å². The van der Waals surface area contributed by atoms with Crippen molar-refractivity contribution in [2.24, 2.45) is 0 Å². The quantitative estimate of drug-likeness (QED) is 0.239. The van der Waals surface area contributed by atoms with Crippen LogP contribution in [-0.2, 0) is 28.6 Å². The highest BCUT2D eigenvalue weighted by Gasteiger charge is 2.47. The largest absolute Gasteiger partial charge is 0.384 e. The Morgan fingerprint density at radius 1 is 1.16 bits per heavy atom. The second-order valence-corrected chi connectivity index (χ2v) is 13.8. The van der Waals surface area contributed by atoms with Crippen molar-refractivity contribution >= 4 is 33.2 Å². The predicted octanol–water partition coefficient (Wildman–Crippen LogP) is 6.11. The van der Waals surface area contributed by atoms with Gasteiger partial charge in [-0.2, -0.15) is 4.31 Å². The van der Waals surface area contributed by atoms with E-state index in [0.29, 0.717) is 43.7 Å². The molecule has 0 saturated carbocycles. The summed E-state index contributed by atoms with van der Waals surface area (Å²) in [4.78, 5) is 13.2. The van der Waals surface area contributed by atoms with Crippen molar-refractivity contribution in [3.63, 3.8) is 0 Å². The van der Waals surface area contributed by atoms with E-state index in [4.69, 9.17) is 16.1 Å². The molecule has 0 radical (unpaired) electrons. The molecule has 44 heavy (non-hydrogen) atoms. The van der Waals surface area contributed by atoms with Crippen molar-refractivity contribution in [3.8, 4) is 11.3 Å². The van der Waals surface area contributed by atoms with Gasteiger partial charge in [-0.15, -0.1) is 0 Å². The van der Waals surface area contributed by atoms with Gasteiger partial charge in [0.2, 0.25) is 10.0 Å². The smallest absolute Gasteiger partial charge is 0.273 e. The number of benzene rings is 2. The van der Waals surface area contributed by atoms with Gasteiger partial charge in [0.1, 0.15) is 21.9 Å². The van der Waals surface area contributed by atoms with Gasteiger partial charge in [0, 0.05) is 47.7 Å². The van der Waals surface area contributed by atoms with Gasteiger partial charge in [-0.3, -0.25) is 4.79 Å². The third-order valence-corrected chi connectivity index (χ3v) is 11.1. The number of carbonyl (C=O) groups is 1. The highest BCUT2D eigenvalue weighted by Crippen LogP contribution is 2.43. The molecule has 2 aromatic heterocycles. The second kappa shape index (κ2) is 11.4. The normalized spacial score (nSPS) is 20.0. The molecule has 9 nitrogen and oxygen atoms in total. The molecule has 2 aromatic carbocycles. The number of carbonyl (C=O) groups excluding carboxylic acids is 1. The van der Waals surface area contributed by atoms with E-state index in [0.717, 1.165) is 17.7 Å². The number of rotatable bonds is 8. The van der Waals surface area contributed by atoms with Crippen molar-refractivity contribution in [3.05, 3.63) is 88.3 Å². The molecular weight excluding hydrogens is 614 g/mol. The minimum atomic E-state index is -4.25. The van der Waals surface area contributed by atoms with E-state index >= 15 is 0 Å². The first-order valence-corrected chi connectivity index (χ1v) is 16.2. The molecule has 1 fully saturated rings. The Morgan fingerprint density at radius 2 is 1.91 bits per heavy atom. The number of nitrogens with zero attached hydrogens (tertiary/aromatic N) is 3. The lowest BCUT2D eigenvalue weighted by Crippen LogP contribution is -2.43. The Bertz CT molecular complexity index is 1840. The van der Waals surface area contributed by atoms with Crippen LogP contribution < -0.4 is 5.32 Å². The van der Waals surface area contributed by atoms with Gasteiger partial charge in [0.15, 0.2) is 17.4 Å². The molecule has 13 heteroatoms. The summed E-state index contributed by atoms with van der Waals surface area (Å²) in [5.41, 5.74) is -0.0784. The van der Waals surface area contributed by atoms with Crippen molar-refractivity contribution in [2.45, 2.75) is 75.1 Å². The summed E-state index contributed by atoms with van der Waals surface area (Å²) in [7, 11) is -4.25. The molecule has 6 rings (SSSR count). The molecule has 4 aromatic rings. The Labute approximate surface area is 258 Å². The van der Waals surface area contributed by atoms with Gasteiger partial charge in [0.25, 0.3) is 5.91 Å². The molecule has 1 saturated heterocycles. The first-order valence-electron chi connectivity index (χ1n) is 14.3. The maximum atomic E-state index is 14.4. The molecule has 1 amide bonds. The summed E-state index contributed by atoms with van der Waals surface area (Å²) in [5, 5.41) is 17.9. The first-order chi connectivity index (χ1) is 20.9. The molecule has 2 aliphatic heterocycles. The van der Waals surface area contributed by atoms with Crippen molar-refractivity contribution in [2.75, 3.05) is 5.32 Å². The first kappa shape index (κ1) is 30.4. The van der Waals surface area contributed by atoms with Gasteiger partial charge in [-0.1, -0.05) is 47.1 Å². The lowest BCUT2D eigenvalue weighted by Gasteiger charge is -2.32. The summed E-state index contributed by atoms with van der Waals surface area (Å²) in [6, 6.07) is 12.9. The van der Waals surface area contributed by atoms with Crippen LogP contribution in [0.2, 0.25) is 5.02 Å². The Hall–Kier alpha value is -3.58. The number of aromatic nitrogens is 2. The van der Waals surface area contributed by atoms with Crippen LogP contribution in [0.3, 0.4) is 0 Å². The van der Waals surface area contributed by atoms with Crippen LogP contribution >= 0.6 is 11.6 Å². The molecule has 3 atom stereocenters. The number of hydrogen-bond donors (Lipinski definition) is 2. The van der Waals surface area contributed by atoms with Crippen LogP contribution in [0.4, 0.5) is 14.5 Å². The third-order valence-electron chi connectivity index (χ3n) is 8.45. The summed E-state index contributed by atoms with van der Waals surface area (Å²) >= 11 is 6.72. The SMILES string of the molecule is CC1CCC(CC(C)(O)c2cc(-c3ccccc3)on2)N1S(=O)(=O)c1c(Cl)c(C(=O)Nc2ccc(F)c(F)c2)n2c1CCC2. The molecule has 232 valence electrons. The predicted molar refractivity (Wildman–Crippen MR) is 160 cm³/mol. The van der Waals surface area contributed by atoms with E-state index in [1.54, 1.807) is 24.5 Å². The Kier molecular flexibility index (Phi) is 7.89. The van der Waals surface area contributed by atoms with E-state index < -0.39 is 45.2 Å². The van der Waals surface area contributed by atoms with Crippen molar-refractivity contribution < 1.29 is 31.6 Å². The number of sulfonamides is 1. The molecule has 3 unspecified atom stereocenters. The molecule has 2 N–H and O–H groups in total. The zero-order valence-electron chi connectivity index (χ0n) is 24.1. The summed E-state index contributed by atoms with van der Waals surface area (Å²) in [6.07, 6.45) is 2.10. The maximum Gasteiger partial charge on any atom is 0.273 e. The van der Waals surface area contributed by atoms with Gasteiger partial charge in [-0.05, 0) is 58.1 Å². The Balaban J connectivity index is 1.30. The van der Waals surface area contributed by atoms with Gasteiger partial charge >= 0.3 is 0 Å². The van der Waals surface area contributed by atoms with Gasteiger partial charge < -0.3 is 19.5 Å². The lowest BCUT2D eigenvalue weighted by atomic mass is 9.92. The van der Waals surface area contributed by atoms with E-state index in [-0.39, 0.29) is 33.4 Å². The molecule has 2 aliphatic rings. The van der Waals surface area contributed by atoms with Crippen LogP contribution in [0.25, 0.3) is 11.3 Å². The zero-order chi connectivity index (χ0) is 31.4. The number of aliphatic hydroxyl groups is 1. The minimum Gasteiger partial charge on any atom is -0.384 e. The minimum absolute atomic E-state index is 0.00154. The van der Waals surface area contributed by atoms with Crippen LogP contribution in [0.5, 0.6) is 0 Å². The van der Waals surface area contributed by atoms with Crippen LogP contribution in [0, 0.1) is 11.6 Å². The number of fused-ring (bicyclic) bond motifs is 1. The van der Waals surface area contributed by atoms with Crippen LogP contribution in [-0.4, -0.2) is 45.5 Å². The topological polar surface area (TPSA) is 118 Å². The van der Waals surface area contributed by atoms with Gasteiger partial charge in [-0.25, -0.2) is 17.2 Å². The fourth-order valence-electron chi connectivity index (χ4n) is 6.37. The second-order valence-electron chi connectivity index (χ2n) is 11.6. The lowest BCUT2D eigenvalue weighted by molar-refractivity contribution is 0.0229. The molecule has 4 heterocycles. The molecule has 0 aliphatic carbocycles. The van der Waals surface area contributed by atoms with E-state index in [2.05, 4.69) is 10.5 Å². The molecular formula is C31H31ClF2N4O5S. The summed E-state index contributed by atoms with van der Waals surface area (Å²) in [5.74, 6) is -2.45. The number of amides is 1. The molecule has 0 bridgehead atoms. The maximum absolute atomic E-state index is 14.4. The number of anilines is 1. The highest BCUT2D eigenvalue weighted by molar-refractivity contribution is 7.89. The number of nitrogens with one attached hydrogen (secondary N) is 1. The number of hydrogen-bond acceptors (Lipinski definition) is 6. The van der Waals surface area contributed by atoms with E-state index in [9.17, 15) is 27.1 Å². The van der Waals surface area contributed by atoms with Crippen molar-refractivity contribution in [1.82, 2.24) is 14.0 Å². The number of halogens is 3. The third kappa shape index (κ3) is 5.33. The molecule has 0 spiro atoms. The van der Waals surface area contributed by atoms with Crippen molar-refractivity contribution in [1.29, 1.82) is 0 Å². The average Bonchev–Trinajstić information content (AvgIpc) is 3.76. The average molecular weight is 645 g/mol. The van der Waals surface area contributed by atoms with E-state index in [1.165, 1.54) is 10.4 Å². The Morgan fingerprint density at radius 3 is 2.64 bits per heavy atom. The standard InChI is InChI=1S/C31H31ClF2N4O5S/c1-18-10-12-21(17-31(2,40)26-16-25(43-36-26)19-7-4-3-5-8-19)38(18)44(41,42)29-24-9-6-14-37(24)28(27(29)32)30(39)35-20-11-13-22(33)23(34)15-20/h3-5,7-8,11,13,15-16,18,21,40H,6,9-10,12,14,17H2,1-2H3,(H,35,39). The summed E-state index contributed by atoms with van der Waals surface area (Å²) < 4.78 is 64.5. The zero-order valence-corrected chi connectivity index (χ0v) is 25.6. The fourth-order valence-corrected chi connectivity index (χ4v) is 9.15. The fraction of sp³-hybridized carbons (Fsp3) is 0.355.